The maximum absolute atomic E-state index is 14.1. The molecule has 5 nitrogen and oxygen atoms in total. The second kappa shape index (κ2) is 9.90. The van der Waals surface area contributed by atoms with Crippen molar-refractivity contribution in [1.29, 1.82) is 0 Å². The Kier molecular flexibility index (Phi) is 7.24. The van der Waals surface area contributed by atoms with Crippen LogP contribution < -0.4 is 4.74 Å². The number of rotatable bonds is 6. The van der Waals surface area contributed by atoms with E-state index >= 15 is 0 Å². The lowest BCUT2D eigenvalue weighted by atomic mass is 10.1. The average Bonchev–Trinajstić information content (AvgIpc) is 3.03. The van der Waals surface area contributed by atoms with Crippen LogP contribution in [0.1, 0.15) is 12.5 Å². The molecule has 0 amide bonds. The number of para-hydroxylation sites is 2. The summed E-state index contributed by atoms with van der Waals surface area (Å²) < 4.78 is 61.5. The van der Waals surface area contributed by atoms with Gasteiger partial charge in [-0.3, -0.25) is 0 Å². The number of alkyl halides is 3. The van der Waals surface area contributed by atoms with Crippen molar-refractivity contribution in [1.82, 2.24) is 0 Å². The minimum atomic E-state index is -4.53. The Morgan fingerprint density at radius 3 is 2.53 bits per heavy atom. The Labute approximate surface area is 185 Å². The number of nitrogens with zero attached hydrogens (tertiary/aromatic N) is 1. The van der Waals surface area contributed by atoms with E-state index in [9.17, 15) is 27.5 Å². The lowest BCUT2D eigenvalue weighted by Crippen LogP contribution is -2.19. The molecule has 0 unspecified atom stereocenters. The Bertz CT molecular complexity index is 1110. The molecule has 168 valence electrons. The largest absolute Gasteiger partial charge is 0.506 e. The van der Waals surface area contributed by atoms with Gasteiger partial charge >= 0.3 is 12.1 Å². The summed E-state index contributed by atoms with van der Waals surface area (Å²) in [6.45, 7) is 0.118. The van der Waals surface area contributed by atoms with Gasteiger partial charge in [-0.2, -0.15) is 13.2 Å². The summed E-state index contributed by atoms with van der Waals surface area (Å²) in [4.78, 5) is 16.7. The molecule has 1 aliphatic heterocycles. The lowest BCUT2D eigenvalue weighted by Gasteiger charge is -2.11. The second-order valence-corrected chi connectivity index (χ2v) is 7.40. The van der Waals surface area contributed by atoms with Gasteiger partial charge in [0.25, 0.3) is 0 Å². The Morgan fingerprint density at radius 2 is 1.84 bits per heavy atom. The molecule has 0 radical (unpaired) electrons. The fourth-order valence-electron chi connectivity index (χ4n) is 2.68. The van der Waals surface area contributed by atoms with E-state index in [4.69, 9.17) is 9.47 Å². The molecule has 1 N–H and O–H groups in total. The summed E-state index contributed by atoms with van der Waals surface area (Å²) in [5.41, 5.74) is -0.0825. The van der Waals surface area contributed by atoms with E-state index in [0.29, 0.717) is 0 Å². The summed E-state index contributed by atoms with van der Waals surface area (Å²) in [5.74, 6) is -2.04. The number of carbonyl (C=O) groups excluding carboxylic acids is 1. The predicted molar refractivity (Wildman–Crippen MR) is 113 cm³/mol. The number of ether oxygens (including phenoxy) is 2. The fourth-order valence-corrected chi connectivity index (χ4v) is 3.69. The number of aliphatic hydroxyl groups excluding tert-OH is 1. The Balaban J connectivity index is 2.02. The molecule has 2 aromatic rings. The highest BCUT2D eigenvalue weighted by Gasteiger charge is 2.34. The van der Waals surface area contributed by atoms with Gasteiger partial charge in [-0.25, -0.2) is 14.2 Å². The van der Waals surface area contributed by atoms with Crippen LogP contribution in [-0.2, 0) is 9.53 Å². The zero-order valence-corrected chi connectivity index (χ0v) is 17.5. The first-order chi connectivity index (χ1) is 15.2. The van der Waals surface area contributed by atoms with E-state index < -0.39 is 30.3 Å². The van der Waals surface area contributed by atoms with Crippen molar-refractivity contribution < 1.29 is 36.9 Å². The third kappa shape index (κ3) is 5.70. The van der Waals surface area contributed by atoms with Gasteiger partial charge in [-0.1, -0.05) is 42.1 Å². The maximum atomic E-state index is 14.1. The van der Waals surface area contributed by atoms with Crippen molar-refractivity contribution >= 4 is 34.5 Å². The monoisotopic (exact) mass is 467 g/mol. The molecule has 0 bridgehead atoms. The zero-order chi connectivity index (χ0) is 23.3. The van der Waals surface area contributed by atoms with Crippen molar-refractivity contribution in [3.63, 3.8) is 0 Å². The van der Waals surface area contributed by atoms with Gasteiger partial charge in [0, 0.05) is 5.56 Å². The normalized spacial score (nSPS) is 16.7. The topological polar surface area (TPSA) is 68.1 Å². The van der Waals surface area contributed by atoms with Crippen LogP contribution in [0.15, 0.2) is 69.8 Å². The van der Waals surface area contributed by atoms with Gasteiger partial charge in [0.05, 0.1) is 11.5 Å². The molecule has 0 atom stereocenters. The summed E-state index contributed by atoms with van der Waals surface area (Å²) in [5, 5.41) is 10.7. The van der Waals surface area contributed by atoms with Crippen molar-refractivity contribution in [2.75, 3.05) is 13.2 Å². The van der Waals surface area contributed by atoms with Crippen LogP contribution in [0.2, 0.25) is 0 Å². The SMILES string of the molecule is CCOC(=O)C1=C(O)/C(=C/c2ccccc2OCC(F)(F)F)SC1=Nc1ccccc1F. The van der Waals surface area contributed by atoms with E-state index in [1.165, 1.54) is 42.5 Å². The molecule has 0 aromatic heterocycles. The van der Waals surface area contributed by atoms with E-state index in [-0.39, 0.29) is 39.1 Å². The average molecular weight is 467 g/mol. The van der Waals surface area contributed by atoms with E-state index in [0.717, 1.165) is 11.8 Å². The lowest BCUT2D eigenvalue weighted by molar-refractivity contribution is -0.153. The third-order valence-corrected chi connectivity index (χ3v) is 5.06. The van der Waals surface area contributed by atoms with Crippen LogP contribution in [0.5, 0.6) is 5.75 Å². The van der Waals surface area contributed by atoms with Gasteiger partial charge < -0.3 is 14.6 Å². The predicted octanol–water partition coefficient (Wildman–Crippen LogP) is 5.96. The zero-order valence-electron chi connectivity index (χ0n) is 16.6. The van der Waals surface area contributed by atoms with Crippen molar-refractivity contribution in [3.05, 3.63) is 76.1 Å². The minimum Gasteiger partial charge on any atom is -0.506 e. The number of thioether (sulfide) groups is 1. The van der Waals surface area contributed by atoms with Gasteiger partial charge in [-0.15, -0.1) is 0 Å². The number of aliphatic imine (C=N–C) groups is 1. The van der Waals surface area contributed by atoms with Gasteiger partial charge in [0.2, 0.25) is 0 Å². The van der Waals surface area contributed by atoms with Crippen molar-refractivity contribution in [3.8, 4) is 5.75 Å². The molecule has 0 aliphatic carbocycles. The highest BCUT2D eigenvalue weighted by Crippen LogP contribution is 2.41. The number of hydrogen-bond donors (Lipinski definition) is 1. The molecule has 1 heterocycles. The first kappa shape index (κ1) is 23.4. The number of carbonyl (C=O) groups is 1. The highest BCUT2D eigenvalue weighted by atomic mass is 32.2. The van der Waals surface area contributed by atoms with Crippen LogP contribution in [0.25, 0.3) is 6.08 Å². The molecular formula is C22H17F4NO4S. The number of halogens is 4. The highest BCUT2D eigenvalue weighted by molar-refractivity contribution is 8.18. The molecule has 0 spiro atoms. The molecule has 1 aliphatic rings. The molecule has 32 heavy (non-hydrogen) atoms. The molecular weight excluding hydrogens is 450 g/mol. The van der Waals surface area contributed by atoms with Crippen LogP contribution >= 0.6 is 11.8 Å². The van der Waals surface area contributed by atoms with Crippen LogP contribution in [0.3, 0.4) is 0 Å². The Morgan fingerprint density at radius 1 is 1.16 bits per heavy atom. The molecule has 3 rings (SSSR count). The Hall–Kier alpha value is -3.27. The number of aliphatic hydroxyl groups is 1. The van der Waals surface area contributed by atoms with Crippen molar-refractivity contribution in [2.45, 2.75) is 13.1 Å². The van der Waals surface area contributed by atoms with E-state index in [1.807, 2.05) is 0 Å². The molecule has 0 saturated carbocycles. The minimum absolute atomic E-state index is 0.00834. The van der Waals surface area contributed by atoms with Gasteiger partial charge in [0.1, 0.15) is 33.6 Å². The summed E-state index contributed by atoms with van der Waals surface area (Å²) in [6.07, 6.45) is -3.17. The smallest absolute Gasteiger partial charge is 0.422 e. The molecule has 0 fully saturated rings. The van der Waals surface area contributed by atoms with Crippen LogP contribution in [0.4, 0.5) is 23.2 Å². The van der Waals surface area contributed by atoms with Gasteiger partial charge in [0.15, 0.2) is 6.61 Å². The number of benzene rings is 2. The van der Waals surface area contributed by atoms with Crippen molar-refractivity contribution in [2.24, 2.45) is 4.99 Å². The molecule has 10 heteroatoms. The first-order valence-electron chi connectivity index (χ1n) is 9.32. The molecule has 2 aromatic carbocycles. The number of hydrogen-bond acceptors (Lipinski definition) is 6. The summed E-state index contributed by atoms with van der Waals surface area (Å²) >= 11 is 0.854. The molecule has 0 saturated heterocycles. The number of esters is 1. The van der Waals surface area contributed by atoms with E-state index in [2.05, 4.69) is 4.99 Å². The summed E-state index contributed by atoms with van der Waals surface area (Å²) in [6, 6.07) is 11.5. The second-order valence-electron chi connectivity index (χ2n) is 6.36. The maximum Gasteiger partial charge on any atom is 0.422 e. The quantitative estimate of drug-likeness (QED) is 0.419. The third-order valence-electron chi connectivity index (χ3n) is 4.04. The van der Waals surface area contributed by atoms with Gasteiger partial charge in [-0.05, 0) is 31.2 Å². The van der Waals surface area contributed by atoms with Crippen LogP contribution in [-0.4, -0.2) is 35.5 Å². The van der Waals surface area contributed by atoms with Crippen LogP contribution in [0, 0.1) is 5.82 Å². The van der Waals surface area contributed by atoms with E-state index in [1.54, 1.807) is 19.1 Å². The fraction of sp³-hybridized carbons (Fsp3) is 0.182. The summed E-state index contributed by atoms with van der Waals surface area (Å²) in [7, 11) is 0. The standard InChI is InChI=1S/C22H17F4NO4S/c1-2-30-21(29)18-19(28)17(32-20(18)27-15-9-5-4-8-14(15)23)11-13-7-3-6-10-16(13)31-12-22(24,25)26/h3-11,28H,2,12H2,1H3/b17-11-,27-20?. The first-order valence-corrected chi connectivity index (χ1v) is 10.1.